The third-order valence-electron chi connectivity index (χ3n) is 7.98. The summed E-state index contributed by atoms with van der Waals surface area (Å²) < 4.78 is 12.7. The number of nitrogens with zero attached hydrogens (tertiary/aromatic N) is 4. The van der Waals surface area contributed by atoms with E-state index < -0.39 is 0 Å². The summed E-state index contributed by atoms with van der Waals surface area (Å²) in [6, 6.07) is 27.7. The number of fused-ring (bicyclic) bond motifs is 2. The smallest absolute Gasteiger partial charge is 0.231 e. The molecule has 7 nitrogen and oxygen atoms in total. The average molecular weight is 545 g/mol. The Kier molecular flexibility index (Phi) is 6.95. The highest BCUT2D eigenvalue weighted by atomic mass is 16.7. The Balaban J connectivity index is 1.07. The molecule has 0 aliphatic carbocycles. The summed E-state index contributed by atoms with van der Waals surface area (Å²) >= 11 is 0. The first-order valence-electron chi connectivity index (χ1n) is 14.4. The van der Waals surface area contributed by atoms with Gasteiger partial charge in [0.25, 0.3) is 0 Å². The van der Waals surface area contributed by atoms with Crippen molar-refractivity contribution in [3.05, 3.63) is 113 Å². The normalized spacial score (nSPS) is 14.6. The molecule has 0 radical (unpaired) electrons. The number of aromatic nitrogens is 3. The minimum Gasteiger partial charge on any atom is -0.454 e. The fraction of sp³-hybridized carbons (Fsp3) is 0.265. The van der Waals surface area contributed by atoms with Gasteiger partial charge in [0.2, 0.25) is 6.79 Å². The fourth-order valence-corrected chi connectivity index (χ4v) is 5.79. The highest BCUT2D eigenvalue weighted by molar-refractivity contribution is 6.09. The standard InChI is InChI=1S/C34H32N4O3/c39-34(28-15-16-30-31(22-28)41-23-40-30)27-8-3-7-26(21-27)29-9-4-10-33-35-32(36-38(29)33)20-25-13-11-24(12-14-25)6-5-19-37-17-1-2-18-37/h3-4,7-16,21-22H,1-2,5-6,17-20,23H2. The van der Waals surface area contributed by atoms with Crippen LogP contribution >= 0.6 is 0 Å². The van der Waals surface area contributed by atoms with Crippen molar-refractivity contribution in [2.24, 2.45) is 0 Å². The van der Waals surface area contributed by atoms with Crippen molar-refractivity contribution >= 4 is 11.4 Å². The van der Waals surface area contributed by atoms with E-state index in [0.29, 0.717) is 29.0 Å². The van der Waals surface area contributed by atoms with Crippen molar-refractivity contribution in [3.63, 3.8) is 0 Å². The van der Waals surface area contributed by atoms with Gasteiger partial charge in [0.1, 0.15) is 0 Å². The van der Waals surface area contributed by atoms with Gasteiger partial charge in [-0.3, -0.25) is 4.79 Å². The number of ether oxygens (including phenoxy) is 2. The summed E-state index contributed by atoms with van der Waals surface area (Å²) in [5.74, 6) is 1.95. The van der Waals surface area contributed by atoms with E-state index in [0.717, 1.165) is 29.1 Å². The van der Waals surface area contributed by atoms with Gasteiger partial charge in [-0.2, -0.15) is 5.10 Å². The van der Waals surface area contributed by atoms with Gasteiger partial charge >= 0.3 is 0 Å². The van der Waals surface area contributed by atoms with Crippen LogP contribution in [0, 0.1) is 0 Å². The summed E-state index contributed by atoms with van der Waals surface area (Å²) in [4.78, 5) is 20.7. The van der Waals surface area contributed by atoms with Crippen LogP contribution in [0.4, 0.5) is 0 Å². The second-order valence-corrected chi connectivity index (χ2v) is 10.8. The zero-order valence-electron chi connectivity index (χ0n) is 23.0. The third-order valence-corrected chi connectivity index (χ3v) is 7.98. The van der Waals surface area contributed by atoms with E-state index >= 15 is 0 Å². The van der Waals surface area contributed by atoms with E-state index in [1.807, 2.05) is 47.0 Å². The van der Waals surface area contributed by atoms with Crippen LogP contribution in [0.15, 0.2) is 84.9 Å². The van der Waals surface area contributed by atoms with E-state index in [2.05, 4.69) is 29.2 Å². The van der Waals surface area contributed by atoms with Crippen LogP contribution in [-0.4, -0.2) is 51.7 Å². The molecule has 0 unspecified atom stereocenters. The molecule has 4 heterocycles. The quantitative estimate of drug-likeness (QED) is 0.213. The van der Waals surface area contributed by atoms with Crippen LogP contribution in [0.3, 0.4) is 0 Å². The fourth-order valence-electron chi connectivity index (χ4n) is 5.79. The molecule has 2 aromatic heterocycles. The summed E-state index contributed by atoms with van der Waals surface area (Å²) in [5.41, 5.74) is 6.30. The molecule has 1 fully saturated rings. The molecule has 2 aliphatic heterocycles. The number of benzene rings is 3. The predicted molar refractivity (Wildman–Crippen MR) is 158 cm³/mol. The van der Waals surface area contributed by atoms with E-state index in [4.69, 9.17) is 19.6 Å². The van der Waals surface area contributed by atoms with Crippen LogP contribution in [0.5, 0.6) is 11.5 Å². The zero-order valence-corrected chi connectivity index (χ0v) is 23.0. The Morgan fingerprint density at radius 2 is 1.59 bits per heavy atom. The third kappa shape index (κ3) is 5.45. The largest absolute Gasteiger partial charge is 0.454 e. The first kappa shape index (κ1) is 25.5. The minimum atomic E-state index is -0.0731. The molecule has 7 heteroatoms. The lowest BCUT2D eigenvalue weighted by Crippen LogP contribution is -2.20. The second kappa shape index (κ2) is 11.2. The second-order valence-electron chi connectivity index (χ2n) is 10.8. The number of hydrogen-bond donors (Lipinski definition) is 0. The highest BCUT2D eigenvalue weighted by Gasteiger charge is 2.18. The van der Waals surface area contributed by atoms with Crippen LogP contribution in [0.2, 0.25) is 0 Å². The number of likely N-dealkylation sites (tertiary alicyclic amines) is 1. The van der Waals surface area contributed by atoms with Crippen molar-refractivity contribution in [2.45, 2.75) is 32.1 Å². The van der Waals surface area contributed by atoms with Crippen LogP contribution in [0.25, 0.3) is 16.9 Å². The van der Waals surface area contributed by atoms with Crippen LogP contribution in [0.1, 0.15) is 52.1 Å². The van der Waals surface area contributed by atoms with Gasteiger partial charge < -0.3 is 14.4 Å². The number of carbonyl (C=O) groups is 1. The lowest BCUT2D eigenvalue weighted by Gasteiger charge is -2.13. The molecule has 5 aromatic rings. The first-order chi connectivity index (χ1) is 20.2. The number of aryl methyl sites for hydroxylation is 1. The molecule has 41 heavy (non-hydrogen) atoms. The Hall–Kier alpha value is -4.49. The monoisotopic (exact) mass is 544 g/mol. The van der Waals surface area contributed by atoms with Crippen molar-refractivity contribution < 1.29 is 14.3 Å². The molecule has 3 aromatic carbocycles. The molecule has 0 atom stereocenters. The van der Waals surface area contributed by atoms with Crippen LogP contribution in [-0.2, 0) is 12.8 Å². The van der Waals surface area contributed by atoms with Gasteiger partial charge in [0, 0.05) is 23.1 Å². The summed E-state index contributed by atoms with van der Waals surface area (Å²) in [7, 11) is 0. The van der Waals surface area contributed by atoms with Gasteiger partial charge in [-0.15, -0.1) is 0 Å². The van der Waals surface area contributed by atoms with Gasteiger partial charge in [0.15, 0.2) is 28.8 Å². The van der Waals surface area contributed by atoms with E-state index in [1.54, 1.807) is 18.2 Å². The Bertz CT molecular complexity index is 1700. The van der Waals surface area contributed by atoms with Crippen molar-refractivity contribution in [2.75, 3.05) is 26.4 Å². The van der Waals surface area contributed by atoms with E-state index in [-0.39, 0.29) is 12.6 Å². The number of carbonyl (C=O) groups excluding carboxylic acids is 1. The summed E-state index contributed by atoms with van der Waals surface area (Å²) in [6.07, 6.45) is 5.68. The lowest BCUT2D eigenvalue weighted by atomic mass is 10.00. The maximum absolute atomic E-state index is 13.3. The van der Waals surface area contributed by atoms with Gasteiger partial charge in [-0.05, 0) is 92.8 Å². The predicted octanol–water partition coefficient (Wildman–Crippen LogP) is 5.98. The molecular weight excluding hydrogens is 512 g/mol. The van der Waals surface area contributed by atoms with Crippen LogP contribution < -0.4 is 9.47 Å². The molecule has 1 saturated heterocycles. The average Bonchev–Trinajstić information content (AvgIpc) is 3.78. The number of rotatable bonds is 9. The molecule has 2 aliphatic rings. The minimum absolute atomic E-state index is 0.0731. The van der Waals surface area contributed by atoms with E-state index in [1.165, 1.54) is 50.0 Å². The Morgan fingerprint density at radius 1 is 0.805 bits per heavy atom. The zero-order chi connectivity index (χ0) is 27.6. The van der Waals surface area contributed by atoms with Crippen molar-refractivity contribution in [1.29, 1.82) is 0 Å². The first-order valence-corrected chi connectivity index (χ1v) is 14.4. The maximum Gasteiger partial charge on any atom is 0.231 e. The molecule has 0 N–H and O–H groups in total. The topological polar surface area (TPSA) is 69.0 Å². The molecule has 0 amide bonds. The van der Waals surface area contributed by atoms with Crippen molar-refractivity contribution in [1.82, 2.24) is 19.5 Å². The Labute approximate surface area is 239 Å². The number of pyridine rings is 1. The molecule has 0 spiro atoms. The summed E-state index contributed by atoms with van der Waals surface area (Å²) in [5, 5.41) is 4.86. The molecule has 0 saturated carbocycles. The van der Waals surface area contributed by atoms with E-state index in [9.17, 15) is 4.79 Å². The Morgan fingerprint density at radius 3 is 2.46 bits per heavy atom. The van der Waals surface area contributed by atoms with Gasteiger partial charge in [-0.1, -0.05) is 48.5 Å². The van der Waals surface area contributed by atoms with Gasteiger partial charge in [-0.25, -0.2) is 9.50 Å². The lowest BCUT2D eigenvalue weighted by molar-refractivity contribution is 0.103. The molecule has 206 valence electrons. The molecular formula is C34H32N4O3. The molecule has 7 rings (SSSR count). The molecule has 0 bridgehead atoms. The SMILES string of the molecule is O=C(c1cccc(-c2cccc3nc(Cc4ccc(CCCN5CCCC5)cc4)nn23)c1)c1ccc2c(c1)OCO2. The summed E-state index contributed by atoms with van der Waals surface area (Å²) in [6.45, 7) is 3.90. The highest BCUT2D eigenvalue weighted by Crippen LogP contribution is 2.33. The maximum atomic E-state index is 13.3. The number of ketones is 1. The van der Waals surface area contributed by atoms with Crippen molar-refractivity contribution in [3.8, 4) is 22.8 Å². The van der Waals surface area contributed by atoms with Gasteiger partial charge in [0.05, 0.1) is 5.69 Å². The number of hydrogen-bond acceptors (Lipinski definition) is 6.